The quantitative estimate of drug-likeness (QED) is 0.730. The number of fused-ring (bicyclic) bond motifs is 1. The number of carbonyl (C=O) groups is 3. The number of ether oxygens (including phenoxy) is 1. The molecule has 0 unspecified atom stereocenters. The van der Waals surface area contributed by atoms with E-state index < -0.39 is 18.0 Å². The first-order valence-electron chi connectivity index (χ1n) is 8.58. The Labute approximate surface area is 164 Å². The third-order valence-corrected chi connectivity index (χ3v) is 4.65. The molecule has 0 spiro atoms. The summed E-state index contributed by atoms with van der Waals surface area (Å²) in [6, 6.07) is 10.8. The standard InChI is InChI=1S/C19H19BrN2O5/c1-12(19(25)22-10-4-6-13-5-2-3-7-14(13)22)26-17(23)11-21-18(24)15-8-9-16(20)27-15/h2-3,5,7-9,12H,4,6,10-11H2,1H3,(H,21,24)/t12-/m0/s1. The fourth-order valence-corrected chi connectivity index (χ4v) is 3.25. The molecule has 1 aromatic carbocycles. The SMILES string of the molecule is C[C@H](OC(=O)CNC(=O)c1ccc(Br)o1)C(=O)N1CCCc2ccccc21. The lowest BCUT2D eigenvalue weighted by molar-refractivity contribution is -0.152. The second-order valence-corrected chi connectivity index (χ2v) is 6.92. The highest BCUT2D eigenvalue weighted by Crippen LogP contribution is 2.27. The lowest BCUT2D eigenvalue weighted by Gasteiger charge is -2.31. The van der Waals surface area contributed by atoms with Gasteiger partial charge in [0.15, 0.2) is 16.5 Å². The zero-order valence-electron chi connectivity index (χ0n) is 14.7. The number of rotatable bonds is 5. The Balaban J connectivity index is 1.54. The first-order chi connectivity index (χ1) is 13.0. The molecule has 8 heteroatoms. The number of nitrogens with zero attached hydrogens (tertiary/aromatic N) is 1. The van der Waals surface area contributed by atoms with E-state index in [1.807, 2.05) is 24.3 Å². The van der Waals surface area contributed by atoms with Crippen molar-refractivity contribution in [1.82, 2.24) is 5.32 Å². The van der Waals surface area contributed by atoms with Crippen LogP contribution in [-0.2, 0) is 20.7 Å². The van der Waals surface area contributed by atoms with Crippen LogP contribution in [-0.4, -0.2) is 37.0 Å². The molecular weight excluding hydrogens is 416 g/mol. The molecule has 0 radical (unpaired) electrons. The van der Waals surface area contributed by atoms with Crippen LogP contribution >= 0.6 is 15.9 Å². The van der Waals surface area contributed by atoms with Gasteiger partial charge >= 0.3 is 5.97 Å². The number of anilines is 1. The molecule has 2 heterocycles. The second kappa shape index (κ2) is 8.39. The number of para-hydroxylation sites is 1. The van der Waals surface area contributed by atoms with E-state index in [1.54, 1.807) is 11.0 Å². The summed E-state index contributed by atoms with van der Waals surface area (Å²) in [7, 11) is 0. The molecule has 3 rings (SSSR count). The average Bonchev–Trinajstić information content (AvgIpc) is 3.11. The molecule has 27 heavy (non-hydrogen) atoms. The molecule has 2 amide bonds. The number of aryl methyl sites for hydroxylation is 1. The van der Waals surface area contributed by atoms with Crippen LogP contribution in [0.25, 0.3) is 0 Å². The lowest BCUT2D eigenvalue weighted by Crippen LogP contribution is -2.43. The molecule has 2 aromatic rings. The van der Waals surface area contributed by atoms with Crippen LogP contribution in [0, 0.1) is 0 Å². The van der Waals surface area contributed by atoms with Crippen molar-refractivity contribution in [3.8, 4) is 0 Å². The van der Waals surface area contributed by atoms with E-state index >= 15 is 0 Å². The number of nitrogens with one attached hydrogen (secondary N) is 1. The number of hydrogen-bond acceptors (Lipinski definition) is 5. The Morgan fingerprint density at radius 3 is 2.78 bits per heavy atom. The minimum atomic E-state index is -0.946. The summed E-state index contributed by atoms with van der Waals surface area (Å²) in [6.45, 7) is 1.76. The van der Waals surface area contributed by atoms with Gasteiger partial charge in [0.25, 0.3) is 11.8 Å². The Kier molecular flexibility index (Phi) is 5.95. The third kappa shape index (κ3) is 4.57. The van der Waals surface area contributed by atoms with Crippen molar-refractivity contribution in [1.29, 1.82) is 0 Å². The highest BCUT2D eigenvalue weighted by Gasteiger charge is 2.28. The number of carbonyl (C=O) groups excluding carboxylic acids is 3. The van der Waals surface area contributed by atoms with Crippen LogP contribution < -0.4 is 10.2 Å². The van der Waals surface area contributed by atoms with Crippen LogP contribution in [0.5, 0.6) is 0 Å². The summed E-state index contributed by atoms with van der Waals surface area (Å²) in [5.74, 6) is -1.44. The monoisotopic (exact) mass is 434 g/mol. The van der Waals surface area contributed by atoms with Gasteiger partial charge in [0.1, 0.15) is 6.54 Å². The lowest BCUT2D eigenvalue weighted by atomic mass is 10.0. The van der Waals surface area contributed by atoms with Crippen molar-refractivity contribution in [3.05, 3.63) is 52.4 Å². The minimum Gasteiger partial charge on any atom is -0.451 e. The predicted octanol–water partition coefficient (Wildman–Crippen LogP) is 2.68. The van der Waals surface area contributed by atoms with Gasteiger partial charge in [-0.15, -0.1) is 0 Å². The van der Waals surface area contributed by atoms with E-state index in [0.717, 1.165) is 24.1 Å². The van der Waals surface area contributed by atoms with Crippen molar-refractivity contribution < 1.29 is 23.5 Å². The summed E-state index contributed by atoms with van der Waals surface area (Å²) in [5, 5.41) is 2.40. The van der Waals surface area contributed by atoms with E-state index in [2.05, 4.69) is 21.2 Å². The molecule has 1 aliphatic rings. The van der Waals surface area contributed by atoms with E-state index in [-0.39, 0.29) is 18.2 Å². The summed E-state index contributed by atoms with van der Waals surface area (Å²) >= 11 is 3.10. The number of hydrogen-bond donors (Lipinski definition) is 1. The maximum Gasteiger partial charge on any atom is 0.326 e. The topological polar surface area (TPSA) is 88.8 Å². The van der Waals surface area contributed by atoms with Crippen molar-refractivity contribution in [2.45, 2.75) is 25.9 Å². The summed E-state index contributed by atoms with van der Waals surface area (Å²) in [6.07, 6.45) is 0.833. The van der Waals surface area contributed by atoms with E-state index in [1.165, 1.54) is 13.0 Å². The molecule has 0 aliphatic carbocycles. The molecule has 0 fully saturated rings. The van der Waals surface area contributed by atoms with Crippen molar-refractivity contribution in [2.75, 3.05) is 18.0 Å². The van der Waals surface area contributed by atoms with E-state index in [0.29, 0.717) is 11.2 Å². The van der Waals surface area contributed by atoms with Crippen LogP contribution in [0.1, 0.15) is 29.5 Å². The van der Waals surface area contributed by atoms with Gasteiger partial charge in [-0.2, -0.15) is 0 Å². The van der Waals surface area contributed by atoms with Gasteiger partial charge in [0.2, 0.25) is 0 Å². The largest absolute Gasteiger partial charge is 0.451 e. The molecule has 1 aliphatic heterocycles. The number of furan rings is 1. The number of esters is 1. The fraction of sp³-hybridized carbons (Fsp3) is 0.316. The van der Waals surface area contributed by atoms with Crippen molar-refractivity contribution in [3.63, 3.8) is 0 Å². The maximum atomic E-state index is 12.7. The van der Waals surface area contributed by atoms with Crippen LogP contribution in [0.4, 0.5) is 5.69 Å². The first kappa shape index (κ1) is 19.2. The van der Waals surface area contributed by atoms with E-state index in [4.69, 9.17) is 9.15 Å². The highest BCUT2D eigenvalue weighted by atomic mass is 79.9. The van der Waals surface area contributed by atoms with Gasteiger partial charge in [0, 0.05) is 12.2 Å². The highest BCUT2D eigenvalue weighted by molar-refractivity contribution is 9.10. The van der Waals surface area contributed by atoms with Gasteiger partial charge in [-0.25, -0.2) is 0 Å². The first-order valence-corrected chi connectivity index (χ1v) is 9.37. The maximum absolute atomic E-state index is 12.7. The molecular formula is C19H19BrN2O5. The third-order valence-electron chi connectivity index (χ3n) is 4.22. The molecule has 142 valence electrons. The van der Waals surface area contributed by atoms with Gasteiger partial charge in [-0.3, -0.25) is 14.4 Å². The average molecular weight is 435 g/mol. The zero-order valence-corrected chi connectivity index (χ0v) is 16.3. The zero-order chi connectivity index (χ0) is 19.4. The second-order valence-electron chi connectivity index (χ2n) is 6.14. The summed E-state index contributed by atoms with van der Waals surface area (Å²) in [4.78, 5) is 38.2. The Morgan fingerprint density at radius 2 is 2.04 bits per heavy atom. The van der Waals surface area contributed by atoms with Gasteiger partial charge < -0.3 is 19.4 Å². The minimum absolute atomic E-state index is 0.0729. The summed E-state index contributed by atoms with van der Waals surface area (Å²) in [5.41, 5.74) is 1.96. The summed E-state index contributed by atoms with van der Waals surface area (Å²) < 4.78 is 10.7. The molecule has 0 saturated heterocycles. The van der Waals surface area contributed by atoms with Crippen molar-refractivity contribution >= 4 is 39.4 Å². The molecule has 0 bridgehead atoms. The van der Waals surface area contributed by atoms with Gasteiger partial charge in [-0.1, -0.05) is 18.2 Å². The molecule has 7 nitrogen and oxygen atoms in total. The molecule has 1 N–H and O–H groups in total. The Bertz CT molecular complexity index is 863. The fourth-order valence-electron chi connectivity index (χ4n) is 2.95. The number of benzene rings is 1. The molecule has 0 saturated carbocycles. The molecule has 1 atom stereocenters. The Morgan fingerprint density at radius 1 is 1.26 bits per heavy atom. The van der Waals surface area contributed by atoms with Crippen LogP contribution in [0.15, 0.2) is 45.5 Å². The van der Waals surface area contributed by atoms with Gasteiger partial charge in [-0.05, 0) is 59.5 Å². The smallest absolute Gasteiger partial charge is 0.326 e. The van der Waals surface area contributed by atoms with E-state index in [9.17, 15) is 14.4 Å². The normalized spacial score (nSPS) is 14.2. The molecule has 1 aromatic heterocycles. The number of halogens is 1. The van der Waals surface area contributed by atoms with Crippen molar-refractivity contribution in [2.24, 2.45) is 0 Å². The van der Waals surface area contributed by atoms with Crippen LogP contribution in [0.2, 0.25) is 0 Å². The number of amides is 2. The van der Waals surface area contributed by atoms with Gasteiger partial charge in [0.05, 0.1) is 0 Å². The van der Waals surface area contributed by atoms with Crippen LogP contribution in [0.3, 0.4) is 0 Å². The predicted molar refractivity (Wildman–Crippen MR) is 101 cm³/mol. The Hall–Kier alpha value is -2.61.